The van der Waals surface area contributed by atoms with Crippen molar-refractivity contribution in [2.45, 2.75) is 37.3 Å². The van der Waals surface area contributed by atoms with Crippen LogP contribution in [-0.2, 0) is 0 Å². The third kappa shape index (κ3) is 5.58. The van der Waals surface area contributed by atoms with Crippen LogP contribution in [0.25, 0.3) is 0 Å². The van der Waals surface area contributed by atoms with Gasteiger partial charge in [0, 0.05) is 61.3 Å². The SMILES string of the molecule is CN1C2CC[C@H]1C[C@H](c1ccc(Cl)cc1)[C@@H]2CN(CCS)CCNCCS. The molecule has 0 aliphatic carbocycles. The molecule has 0 spiro atoms. The molecule has 1 aromatic rings. The van der Waals surface area contributed by atoms with Gasteiger partial charge in [0.25, 0.3) is 0 Å². The van der Waals surface area contributed by atoms with Crippen molar-refractivity contribution in [2.24, 2.45) is 5.92 Å². The molecule has 6 heteroatoms. The summed E-state index contributed by atoms with van der Waals surface area (Å²) in [6, 6.07) is 10.0. The van der Waals surface area contributed by atoms with Crippen LogP contribution in [0.4, 0.5) is 0 Å². The lowest BCUT2D eigenvalue weighted by Crippen LogP contribution is -2.50. The Hall–Kier alpha value is 0.0900. The van der Waals surface area contributed by atoms with Crippen LogP contribution in [0.3, 0.4) is 0 Å². The normalized spacial score (nSPS) is 28.2. The van der Waals surface area contributed by atoms with Crippen molar-refractivity contribution in [1.82, 2.24) is 15.1 Å². The first-order chi connectivity index (χ1) is 13.1. The van der Waals surface area contributed by atoms with E-state index in [9.17, 15) is 0 Å². The standard InChI is InChI=1S/C21H34ClN3S2/c1-24-18-6-7-21(24)20(15-25(11-13-27)10-8-23-9-12-26)19(14-18)16-2-4-17(22)5-3-16/h2-5,18-21,23,26-27H,6-15H2,1H3/t18-,19+,20-,21?/m0/s1. The zero-order chi connectivity index (χ0) is 19.2. The fraction of sp³-hybridized carbons (Fsp3) is 0.714. The first kappa shape index (κ1) is 21.8. The zero-order valence-corrected chi connectivity index (χ0v) is 18.9. The van der Waals surface area contributed by atoms with Gasteiger partial charge < -0.3 is 15.1 Å². The third-order valence-corrected chi connectivity index (χ3v) is 7.18. The van der Waals surface area contributed by atoms with Crippen molar-refractivity contribution in [3.8, 4) is 0 Å². The maximum absolute atomic E-state index is 6.15. The van der Waals surface area contributed by atoms with Crippen molar-refractivity contribution in [2.75, 3.05) is 51.3 Å². The summed E-state index contributed by atoms with van der Waals surface area (Å²) in [5.41, 5.74) is 1.47. The van der Waals surface area contributed by atoms with Gasteiger partial charge in [-0.25, -0.2) is 0 Å². The number of thiol groups is 2. The van der Waals surface area contributed by atoms with Gasteiger partial charge in [0.15, 0.2) is 0 Å². The Morgan fingerprint density at radius 2 is 1.89 bits per heavy atom. The van der Waals surface area contributed by atoms with E-state index in [-0.39, 0.29) is 0 Å². The highest BCUT2D eigenvalue weighted by atomic mass is 35.5. The van der Waals surface area contributed by atoms with Crippen LogP contribution in [0, 0.1) is 5.92 Å². The molecular weight excluding hydrogens is 394 g/mol. The fourth-order valence-corrected chi connectivity index (χ4v) is 5.66. The molecule has 2 fully saturated rings. The van der Waals surface area contributed by atoms with E-state index >= 15 is 0 Å². The molecule has 0 aromatic heterocycles. The molecule has 2 aliphatic rings. The summed E-state index contributed by atoms with van der Waals surface area (Å²) in [6.07, 6.45) is 3.95. The summed E-state index contributed by atoms with van der Waals surface area (Å²) in [7, 11) is 2.34. The molecule has 2 saturated heterocycles. The number of hydrogen-bond donors (Lipinski definition) is 3. The van der Waals surface area contributed by atoms with Gasteiger partial charge in [-0.3, -0.25) is 0 Å². The van der Waals surface area contributed by atoms with Gasteiger partial charge in [0.2, 0.25) is 0 Å². The second-order valence-electron chi connectivity index (χ2n) is 8.02. The largest absolute Gasteiger partial charge is 0.315 e. The third-order valence-electron chi connectivity index (χ3n) is 6.51. The molecule has 152 valence electrons. The number of benzene rings is 1. The molecule has 0 amide bonds. The predicted octanol–water partition coefficient (Wildman–Crippen LogP) is 3.66. The highest BCUT2D eigenvalue weighted by molar-refractivity contribution is 7.80. The summed E-state index contributed by atoms with van der Waals surface area (Å²) in [5, 5.41) is 4.32. The van der Waals surface area contributed by atoms with E-state index in [0.29, 0.717) is 17.9 Å². The van der Waals surface area contributed by atoms with Crippen LogP contribution < -0.4 is 5.32 Å². The predicted molar refractivity (Wildman–Crippen MR) is 124 cm³/mol. The topological polar surface area (TPSA) is 18.5 Å². The molecule has 0 saturated carbocycles. The van der Waals surface area contributed by atoms with E-state index in [1.165, 1.54) is 24.8 Å². The molecule has 27 heavy (non-hydrogen) atoms. The maximum Gasteiger partial charge on any atom is 0.0406 e. The first-order valence-electron chi connectivity index (χ1n) is 10.3. The highest BCUT2D eigenvalue weighted by Crippen LogP contribution is 2.46. The Balaban J connectivity index is 1.73. The fourth-order valence-electron chi connectivity index (χ4n) is 5.09. The van der Waals surface area contributed by atoms with Gasteiger partial charge in [0.05, 0.1) is 0 Å². The van der Waals surface area contributed by atoms with E-state index in [4.69, 9.17) is 11.6 Å². The molecule has 2 heterocycles. The van der Waals surface area contributed by atoms with Gasteiger partial charge in [-0.1, -0.05) is 23.7 Å². The molecule has 3 rings (SSSR count). The van der Waals surface area contributed by atoms with Crippen molar-refractivity contribution in [3.05, 3.63) is 34.9 Å². The molecule has 1 unspecified atom stereocenters. The van der Waals surface area contributed by atoms with Crippen LogP contribution >= 0.6 is 36.9 Å². The lowest BCUT2D eigenvalue weighted by atomic mass is 9.76. The Morgan fingerprint density at radius 3 is 2.59 bits per heavy atom. The van der Waals surface area contributed by atoms with Crippen LogP contribution in [0.2, 0.25) is 5.02 Å². The van der Waals surface area contributed by atoms with Gasteiger partial charge in [-0.2, -0.15) is 25.3 Å². The number of piperidine rings is 1. The van der Waals surface area contributed by atoms with E-state index in [0.717, 1.165) is 55.3 Å². The zero-order valence-electron chi connectivity index (χ0n) is 16.4. The lowest BCUT2D eigenvalue weighted by molar-refractivity contribution is 0.0728. The Labute approximate surface area is 181 Å². The van der Waals surface area contributed by atoms with E-state index < -0.39 is 0 Å². The second-order valence-corrected chi connectivity index (χ2v) is 9.35. The number of fused-ring (bicyclic) bond motifs is 2. The number of nitrogens with one attached hydrogen (secondary N) is 1. The quantitative estimate of drug-likeness (QED) is 0.391. The summed E-state index contributed by atoms with van der Waals surface area (Å²) >= 11 is 15.0. The maximum atomic E-state index is 6.15. The van der Waals surface area contributed by atoms with Crippen molar-refractivity contribution >= 4 is 36.9 Å². The molecule has 0 radical (unpaired) electrons. The van der Waals surface area contributed by atoms with Crippen molar-refractivity contribution in [3.63, 3.8) is 0 Å². The Kier molecular flexibility index (Phi) is 8.67. The monoisotopic (exact) mass is 427 g/mol. The second kappa shape index (κ2) is 10.7. The highest BCUT2D eigenvalue weighted by Gasteiger charge is 2.46. The molecule has 3 nitrogen and oxygen atoms in total. The number of halogens is 1. The first-order valence-corrected chi connectivity index (χ1v) is 11.9. The van der Waals surface area contributed by atoms with Crippen LogP contribution in [0.1, 0.15) is 30.7 Å². The minimum atomic E-state index is 0.629. The summed E-state index contributed by atoms with van der Waals surface area (Å²) < 4.78 is 0. The van der Waals surface area contributed by atoms with E-state index in [1.807, 2.05) is 0 Å². The van der Waals surface area contributed by atoms with Crippen LogP contribution in [0.5, 0.6) is 0 Å². The average molecular weight is 428 g/mol. The lowest BCUT2D eigenvalue weighted by Gasteiger charge is -2.45. The number of rotatable bonds is 10. The molecule has 1 aromatic carbocycles. The Morgan fingerprint density at radius 1 is 1.11 bits per heavy atom. The van der Waals surface area contributed by atoms with Crippen molar-refractivity contribution < 1.29 is 0 Å². The van der Waals surface area contributed by atoms with Crippen LogP contribution in [-0.4, -0.2) is 73.2 Å². The minimum Gasteiger partial charge on any atom is -0.315 e. The van der Waals surface area contributed by atoms with Gasteiger partial charge in [-0.05, 0) is 55.8 Å². The van der Waals surface area contributed by atoms with Gasteiger partial charge in [0.1, 0.15) is 0 Å². The molecular formula is C21H34ClN3S2. The molecule has 1 N–H and O–H groups in total. The van der Waals surface area contributed by atoms with E-state index in [2.05, 4.69) is 71.7 Å². The average Bonchev–Trinajstić information content (AvgIpc) is 2.91. The molecule has 2 aliphatic heterocycles. The smallest absolute Gasteiger partial charge is 0.0406 e. The molecule has 2 bridgehead atoms. The Bertz CT molecular complexity index is 571. The number of nitrogens with zero attached hydrogens (tertiary/aromatic N) is 2. The van der Waals surface area contributed by atoms with Gasteiger partial charge >= 0.3 is 0 Å². The summed E-state index contributed by atoms with van der Waals surface area (Å²) in [6.45, 7) is 5.28. The molecule has 4 atom stereocenters. The number of hydrogen-bond acceptors (Lipinski definition) is 5. The van der Waals surface area contributed by atoms with Gasteiger partial charge in [-0.15, -0.1) is 0 Å². The van der Waals surface area contributed by atoms with E-state index in [1.54, 1.807) is 0 Å². The summed E-state index contributed by atoms with van der Waals surface area (Å²) in [4.78, 5) is 5.27. The van der Waals surface area contributed by atoms with Crippen molar-refractivity contribution in [1.29, 1.82) is 0 Å². The summed E-state index contributed by atoms with van der Waals surface area (Å²) in [5.74, 6) is 3.10. The minimum absolute atomic E-state index is 0.629. The van der Waals surface area contributed by atoms with Crippen LogP contribution in [0.15, 0.2) is 24.3 Å².